The van der Waals surface area contributed by atoms with Crippen molar-refractivity contribution in [3.05, 3.63) is 64.2 Å². The highest BCUT2D eigenvalue weighted by molar-refractivity contribution is 6.31. The van der Waals surface area contributed by atoms with E-state index in [4.69, 9.17) is 27.9 Å². The molecule has 1 nitrogen and oxygen atoms in total. The van der Waals surface area contributed by atoms with Gasteiger partial charge in [0.15, 0.2) is 0 Å². The van der Waals surface area contributed by atoms with E-state index in [9.17, 15) is 8.78 Å². The van der Waals surface area contributed by atoms with Crippen molar-refractivity contribution in [2.75, 3.05) is 7.11 Å². The summed E-state index contributed by atoms with van der Waals surface area (Å²) in [5.74, 6) is -0.647. The molecule has 0 amide bonds. The minimum Gasteiger partial charge on any atom is -0.496 e. The second-order valence-electron chi connectivity index (χ2n) is 4.29. The molecule has 0 heterocycles. The van der Waals surface area contributed by atoms with Crippen LogP contribution in [0.15, 0.2) is 36.4 Å². The first-order chi connectivity index (χ1) is 9.51. The van der Waals surface area contributed by atoms with Crippen molar-refractivity contribution in [1.82, 2.24) is 0 Å². The zero-order valence-corrected chi connectivity index (χ0v) is 12.2. The maximum Gasteiger partial charge on any atom is 0.129 e. The molecule has 1 atom stereocenters. The van der Waals surface area contributed by atoms with Gasteiger partial charge in [-0.05, 0) is 36.2 Å². The first kappa shape index (κ1) is 15.1. The van der Waals surface area contributed by atoms with E-state index in [0.29, 0.717) is 21.9 Å². The molecule has 0 N–H and O–H groups in total. The van der Waals surface area contributed by atoms with E-state index in [1.807, 2.05) is 0 Å². The highest BCUT2D eigenvalue weighted by atomic mass is 35.5. The highest BCUT2D eigenvalue weighted by Gasteiger charge is 2.17. The van der Waals surface area contributed by atoms with E-state index in [1.54, 1.807) is 18.2 Å². The van der Waals surface area contributed by atoms with E-state index in [1.165, 1.54) is 19.2 Å². The van der Waals surface area contributed by atoms with Crippen molar-refractivity contribution in [1.29, 1.82) is 0 Å². The lowest BCUT2D eigenvalue weighted by Crippen LogP contribution is -2.01. The zero-order chi connectivity index (χ0) is 14.7. The fourth-order valence-electron chi connectivity index (χ4n) is 1.94. The van der Waals surface area contributed by atoms with Crippen LogP contribution in [-0.4, -0.2) is 7.11 Å². The minimum atomic E-state index is -0.614. The van der Waals surface area contributed by atoms with Crippen LogP contribution in [0.3, 0.4) is 0 Å². The molecule has 0 saturated heterocycles. The van der Waals surface area contributed by atoms with Crippen LogP contribution in [0.1, 0.15) is 16.5 Å². The van der Waals surface area contributed by atoms with Gasteiger partial charge >= 0.3 is 0 Å². The number of hydrogen-bond acceptors (Lipinski definition) is 1. The number of methoxy groups -OCH3 is 1. The Morgan fingerprint density at radius 3 is 2.55 bits per heavy atom. The van der Waals surface area contributed by atoms with E-state index in [-0.39, 0.29) is 6.42 Å². The molecule has 0 spiro atoms. The van der Waals surface area contributed by atoms with E-state index < -0.39 is 17.0 Å². The molecule has 0 aliphatic carbocycles. The lowest BCUT2D eigenvalue weighted by atomic mass is 10.0. The van der Waals surface area contributed by atoms with Crippen molar-refractivity contribution in [2.24, 2.45) is 0 Å². The second kappa shape index (κ2) is 6.42. The molecule has 0 saturated carbocycles. The van der Waals surface area contributed by atoms with Gasteiger partial charge in [0.2, 0.25) is 0 Å². The normalized spacial score (nSPS) is 12.2. The Balaban J connectivity index is 2.27. The number of alkyl halides is 1. The van der Waals surface area contributed by atoms with Gasteiger partial charge in [-0.3, -0.25) is 0 Å². The van der Waals surface area contributed by atoms with Crippen LogP contribution in [0.25, 0.3) is 0 Å². The average Bonchev–Trinajstić information content (AvgIpc) is 2.41. The van der Waals surface area contributed by atoms with Gasteiger partial charge in [0.05, 0.1) is 12.5 Å². The molecule has 106 valence electrons. The molecule has 0 fully saturated rings. The molecule has 0 radical (unpaired) electrons. The summed E-state index contributed by atoms with van der Waals surface area (Å²) in [6, 6.07) is 8.50. The lowest BCUT2D eigenvalue weighted by Gasteiger charge is -2.15. The van der Waals surface area contributed by atoms with Gasteiger partial charge in [-0.1, -0.05) is 17.7 Å². The summed E-state index contributed by atoms with van der Waals surface area (Å²) >= 11 is 12.2. The Labute approximate surface area is 126 Å². The Hall–Kier alpha value is -1.32. The third-order valence-corrected chi connectivity index (χ3v) is 3.57. The molecule has 1 unspecified atom stereocenters. The predicted molar refractivity (Wildman–Crippen MR) is 76.7 cm³/mol. The van der Waals surface area contributed by atoms with Crippen molar-refractivity contribution in [3.8, 4) is 5.75 Å². The summed E-state index contributed by atoms with van der Waals surface area (Å²) in [7, 11) is 1.52. The first-order valence-electron chi connectivity index (χ1n) is 5.92. The molecule has 2 aromatic carbocycles. The fourth-order valence-corrected chi connectivity index (χ4v) is 2.46. The van der Waals surface area contributed by atoms with E-state index in [2.05, 4.69) is 0 Å². The monoisotopic (exact) mass is 316 g/mol. The number of halogens is 4. The Bertz CT molecular complexity index is 617. The van der Waals surface area contributed by atoms with Crippen LogP contribution >= 0.6 is 23.2 Å². The number of ether oxygens (including phenoxy) is 1. The summed E-state index contributed by atoms with van der Waals surface area (Å²) in [4.78, 5) is 0. The molecule has 20 heavy (non-hydrogen) atoms. The molecule has 2 aromatic rings. The maximum absolute atomic E-state index is 13.6. The van der Waals surface area contributed by atoms with Gasteiger partial charge in [-0.15, -0.1) is 11.6 Å². The number of benzene rings is 2. The van der Waals surface area contributed by atoms with Gasteiger partial charge < -0.3 is 4.74 Å². The summed E-state index contributed by atoms with van der Waals surface area (Å²) in [6.07, 6.45) is 0.213. The van der Waals surface area contributed by atoms with Gasteiger partial charge in [-0.25, -0.2) is 8.78 Å². The van der Waals surface area contributed by atoms with Crippen molar-refractivity contribution in [2.45, 2.75) is 11.8 Å². The van der Waals surface area contributed by atoms with Crippen molar-refractivity contribution < 1.29 is 13.5 Å². The van der Waals surface area contributed by atoms with Crippen LogP contribution in [0.2, 0.25) is 5.02 Å². The van der Waals surface area contributed by atoms with Crippen LogP contribution in [-0.2, 0) is 6.42 Å². The topological polar surface area (TPSA) is 9.23 Å². The maximum atomic E-state index is 13.6. The van der Waals surface area contributed by atoms with Crippen LogP contribution in [0, 0.1) is 11.6 Å². The average molecular weight is 317 g/mol. The Kier molecular flexibility index (Phi) is 4.84. The molecule has 5 heteroatoms. The summed E-state index contributed by atoms with van der Waals surface area (Å²) in [5.41, 5.74) is 1.01. The smallest absolute Gasteiger partial charge is 0.129 e. The Morgan fingerprint density at radius 2 is 1.90 bits per heavy atom. The summed E-state index contributed by atoms with van der Waals surface area (Å²) in [5, 5.41) is -0.00496. The predicted octanol–water partition coefficient (Wildman–Crippen LogP) is 5.15. The SMILES string of the molecule is COc1ccc(Cl)cc1C(Cl)Cc1ccc(F)cc1F. The van der Waals surface area contributed by atoms with Gasteiger partial charge in [0.25, 0.3) is 0 Å². The van der Waals surface area contributed by atoms with Crippen molar-refractivity contribution in [3.63, 3.8) is 0 Å². The highest BCUT2D eigenvalue weighted by Crippen LogP contribution is 2.34. The van der Waals surface area contributed by atoms with Gasteiger partial charge in [-0.2, -0.15) is 0 Å². The lowest BCUT2D eigenvalue weighted by molar-refractivity contribution is 0.409. The molecule has 0 aliphatic rings. The molecular formula is C15H12Cl2F2O. The molecular weight excluding hydrogens is 305 g/mol. The van der Waals surface area contributed by atoms with E-state index in [0.717, 1.165) is 6.07 Å². The standard InChI is InChI=1S/C15H12Cl2F2O/c1-20-15-5-3-10(16)7-12(15)13(17)6-9-2-4-11(18)8-14(9)19/h2-5,7-8,13H,6H2,1H3. The van der Waals surface area contributed by atoms with Gasteiger partial charge in [0.1, 0.15) is 17.4 Å². The molecule has 0 aromatic heterocycles. The minimum absolute atomic E-state index is 0.213. The van der Waals surface area contributed by atoms with Crippen LogP contribution < -0.4 is 4.74 Å². The van der Waals surface area contributed by atoms with Gasteiger partial charge in [0, 0.05) is 16.7 Å². The zero-order valence-electron chi connectivity index (χ0n) is 10.7. The Morgan fingerprint density at radius 1 is 1.15 bits per heavy atom. The second-order valence-corrected chi connectivity index (χ2v) is 5.26. The van der Waals surface area contributed by atoms with Crippen molar-refractivity contribution >= 4 is 23.2 Å². The summed E-state index contributed by atoms with van der Waals surface area (Å²) in [6.45, 7) is 0. The fraction of sp³-hybridized carbons (Fsp3) is 0.200. The number of rotatable bonds is 4. The van der Waals surface area contributed by atoms with E-state index >= 15 is 0 Å². The van der Waals surface area contributed by atoms with Crippen LogP contribution in [0.5, 0.6) is 5.75 Å². The first-order valence-corrected chi connectivity index (χ1v) is 6.74. The van der Waals surface area contributed by atoms with Crippen LogP contribution in [0.4, 0.5) is 8.78 Å². The quantitative estimate of drug-likeness (QED) is 0.709. The summed E-state index contributed by atoms with van der Waals surface area (Å²) < 4.78 is 31.7. The molecule has 2 rings (SSSR count). The molecule has 0 bridgehead atoms. The largest absolute Gasteiger partial charge is 0.496 e. The third-order valence-electron chi connectivity index (χ3n) is 2.94. The third kappa shape index (κ3) is 3.41. The molecule has 0 aliphatic heterocycles. The number of hydrogen-bond donors (Lipinski definition) is 0.